The third-order valence-corrected chi connectivity index (χ3v) is 5.38. The molecule has 0 unspecified atom stereocenters. The molecule has 0 radical (unpaired) electrons. The lowest BCUT2D eigenvalue weighted by atomic mass is 9.75. The summed E-state index contributed by atoms with van der Waals surface area (Å²) in [6, 6.07) is 8.02. The zero-order chi connectivity index (χ0) is 20.0. The van der Waals surface area contributed by atoms with Crippen LogP contribution in [0.4, 0.5) is 17.1 Å². The Morgan fingerprint density at radius 1 is 1.04 bits per heavy atom. The van der Waals surface area contributed by atoms with Crippen molar-refractivity contribution in [3.05, 3.63) is 85.5 Å². The van der Waals surface area contributed by atoms with Crippen molar-refractivity contribution in [3.63, 3.8) is 0 Å². The molecule has 0 amide bonds. The fraction of sp³-hybridized carbons (Fsp3) is 0.211. The predicted octanol–water partition coefficient (Wildman–Crippen LogP) is 2.69. The molecular weight excluding hydrogens is 366 g/mol. The average molecular weight is 380 g/mol. The Hall–Kier alpha value is -3.75. The highest BCUT2D eigenvalue weighted by atomic mass is 16.6. The van der Waals surface area contributed by atoms with Crippen LogP contribution >= 0.6 is 0 Å². The van der Waals surface area contributed by atoms with Crippen LogP contribution < -0.4 is 10.4 Å². The van der Waals surface area contributed by atoms with E-state index in [9.17, 15) is 30.1 Å². The van der Waals surface area contributed by atoms with Crippen molar-refractivity contribution in [1.82, 2.24) is 0 Å². The summed E-state index contributed by atoms with van der Waals surface area (Å²) in [7, 11) is 0. The second-order valence-electron chi connectivity index (χ2n) is 6.79. The molecule has 2 aliphatic rings. The standard InChI is InChI=1S/C19H15N3O6/c23-19(24)14-8-9-15(22(27)28)16-12-2-1-3-13(12)17(20-18(14)16)10-4-6-11(7-5-10)21(25)26/h1-2,4-9,12-13,17,20H,3H2,(H,23,24)/p-1/t12-,13+,17-/m1/s1. The van der Waals surface area contributed by atoms with E-state index < -0.39 is 15.8 Å². The highest BCUT2D eigenvalue weighted by Crippen LogP contribution is 2.53. The molecule has 1 heterocycles. The van der Waals surface area contributed by atoms with Gasteiger partial charge < -0.3 is 15.2 Å². The molecule has 4 rings (SSSR count). The van der Waals surface area contributed by atoms with Crippen LogP contribution in [0.15, 0.2) is 48.6 Å². The van der Waals surface area contributed by atoms with E-state index in [0.717, 1.165) is 5.56 Å². The maximum Gasteiger partial charge on any atom is 0.275 e. The number of carboxylic acids is 1. The number of nitro groups is 2. The van der Waals surface area contributed by atoms with Crippen molar-refractivity contribution in [2.45, 2.75) is 18.4 Å². The molecule has 2 aromatic carbocycles. The van der Waals surface area contributed by atoms with Crippen LogP contribution in [0.2, 0.25) is 0 Å². The minimum Gasteiger partial charge on any atom is -0.545 e. The quantitative estimate of drug-likeness (QED) is 0.489. The number of benzene rings is 2. The van der Waals surface area contributed by atoms with Crippen LogP contribution in [-0.2, 0) is 0 Å². The third kappa shape index (κ3) is 2.68. The minimum absolute atomic E-state index is 0.0490. The Balaban J connectivity index is 1.86. The van der Waals surface area contributed by atoms with Gasteiger partial charge in [-0.15, -0.1) is 0 Å². The van der Waals surface area contributed by atoms with Crippen molar-refractivity contribution in [1.29, 1.82) is 0 Å². The summed E-state index contributed by atoms with van der Waals surface area (Å²) in [5, 5.41) is 37.2. The summed E-state index contributed by atoms with van der Waals surface area (Å²) in [5.41, 5.74) is 0.911. The zero-order valence-corrected chi connectivity index (χ0v) is 14.4. The number of rotatable bonds is 4. The second-order valence-corrected chi connectivity index (χ2v) is 6.79. The van der Waals surface area contributed by atoms with E-state index in [1.54, 1.807) is 12.1 Å². The molecule has 142 valence electrons. The van der Waals surface area contributed by atoms with Crippen molar-refractivity contribution in [2.24, 2.45) is 5.92 Å². The van der Waals surface area contributed by atoms with Gasteiger partial charge in [-0.3, -0.25) is 20.2 Å². The number of nitrogens with one attached hydrogen (secondary N) is 1. The number of nitrogens with zero attached hydrogens (tertiary/aromatic N) is 2. The first-order valence-corrected chi connectivity index (χ1v) is 8.58. The van der Waals surface area contributed by atoms with Gasteiger partial charge in [0, 0.05) is 29.7 Å². The van der Waals surface area contributed by atoms with E-state index in [1.807, 2.05) is 12.2 Å². The first-order valence-electron chi connectivity index (χ1n) is 8.58. The Morgan fingerprint density at radius 3 is 2.36 bits per heavy atom. The molecule has 0 saturated carbocycles. The number of aromatic carboxylic acids is 1. The summed E-state index contributed by atoms with van der Waals surface area (Å²) >= 11 is 0. The van der Waals surface area contributed by atoms with Gasteiger partial charge in [-0.1, -0.05) is 24.3 Å². The van der Waals surface area contributed by atoms with Crippen molar-refractivity contribution in [3.8, 4) is 0 Å². The Morgan fingerprint density at radius 2 is 1.75 bits per heavy atom. The van der Waals surface area contributed by atoms with Gasteiger partial charge in [-0.2, -0.15) is 0 Å². The molecule has 1 N–H and O–H groups in total. The summed E-state index contributed by atoms with van der Waals surface area (Å²) in [5.74, 6) is -1.85. The number of fused-ring (bicyclic) bond motifs is 3. The number of non-ortho nitro benzene ring substituents is 1. The number of carbonyl (C=O) groups excluding carboxylic acids is 1. The Bertz CT molecular complexity index is 1030. The molecule has 0 saturated heterocycles. The third-order valence-electron chi connectivity index (χ3n) is 5.38. The maximum atomic E-state index is 11.6. The van der Waals surface area contributed by atoms with Gasteiger partial charge in [-0.05, 0) is 24.0 Å². The SMILES string of the molecule is O=C([O-])c1ccc([N+](=O)[O-])c2c1N[C@H](c1ccc([N+](=O)[O-])cc1)[C@H]1CC=C[C@@H]21. The average Bonchev–Trinajstić information content (AvgIpc) is 3.16. The van der Waals surface area contributed by atoms with E-state index >= 15 is 0 Å². The first kappa shape index (κ1) is 17.7. The van der Waals surface area contributed by atoms with Gasteiger partial charge >= 0.3 is 0 Å². The summed E-state index contributed by atoms with van der Waals surface area (Å²) in [4.78, 5) is 33.0. The van der Waals surface area contributed by atoms with Gasteiger partial charge in [0.2, 0.25) is 0 Å². The van der Waals surface area contributed by atoms with E-state index in [2.05, 4.69) is 5.32 Å². The molecular formula is C19H14N3O6-. The molecule has 0 fully saturated rings. The largest absolute Gasteiger partial charge is 0.545 e. The van der Waals surface area contributed by atoms with Crippen LogP contribution in [0.1, 0.15) is 39.9 Å². The smallest absolute Gasteiger partial charge is 0.275 e. The Kier molecular flexibility index (Phi) is 4.07. The van der Waals surface area contributed by atoms with Crippen LogP contribution in [0.3, 0.4) is 0 Å². The van der Waals surface area contributed by atoms with Gasteiger partial charge in [0.15, 0.2) is 0 Å². The summed E-state index contributed by atoms with van der Waals surface area (Å²) in [6.07, 6.45) is 4.42. The number of allylic oxidation sites excluding steroid dienone is 2. The Labute approximate surface area is 158 Å². The van der Waals surface area contributed by atoms with Gasteiger partial charge in [0.05, 0.1) is 33.1 Å². The lowest BCUT2D eigenvalue weighted by Gasteiger charge is -2.38. The van der Waals surface area contributed by atoms with Crippen LogP contribution in [-0.4, -0.2) is 15.8 Å². The molecule has 0 aromatic heterocycles. The van der Waals surface area contributed by atoms with E-state index in [4.69, 9.17) is 0 Å². The highest BCUT2D eigenvalue weighted by molar-refractivity contribution is 5.95. The lowest BCUT2D eigenvalue weighted by Crippen LogP contribution is -2.33. The fourth-order valence-corrected chi connectivity index (χ4v) is 4.15. The number of carboxylic acid groups (broad SMARTS) is 1. The molecule has 0 spiro atoms. The topological polar surface area (TPSA) is 138 Å². The van der Waals surface area contributed by atoms with E-state index in [1.165, 1.54) is 24.3 Å². The highest BCUT2D eigenvalue weighted by Gasteiger charge is 2.42. The molecule has 9 nitrogen and oxygen atoms in total. The number of nitro benzene ring substituents is 2. The first-order chi connectivity index (χ1) is 13.4. The van der Waals surface area contributed by atoms with Gasteiger partial charge in [0.1, 0.15) is 0 Å². The van der Waals surface area contributed by atoms with Crippen LogP contribution in [0, 0.1) is 26.1 Å². The van der Waals surface area contributed by atoms with E-state index in [-0.39, 0.29) is 40.5 Å². The zero-order valence-electron chi connectivity index (χ0n) is 14.4. The fourth-order valence-electron chi connectivity index (χ4n) is 4.15. The normalized spacial score (nSPS) is 22.1. The summed E-state index contributed by atoms with van der Waals surface area (Å²) in [6.45, 7) is 0. The number of carbonyl (C=O) groups is 1. The second kappa shape index (κ2) is 6.45. The van der Waals surface area contributed by atoms with E-state index in [0.29, 0.717) is 12.0 Å². The molecule has 9 heteroatoms. The molecule has 1 aliphatic heterocycles. The summed E-state index contributed by atoms with van der Waals surface area (Å²) < 4.78 is 0. The number of anilines is 1. The van der Waals surface area contributed by atoms with Crippen LogP contribution in [0.25, 0.3) is 0 Å². The monoisotopic (exact) mass is 380 g/mol. The van der Waals surface area contributed by atoms with Crippen molar-refractivity contribution >= 4 is 23.0 Å². The molecule has 28 heavy (non-hydrogen) atoms. The van der Waals surface area contributed by atoms with Crippen molar-refractivity contribution < 1.29 is 19.7 Å². The molecule has 0 bridgehead atoms. The number of hydrogen-bond acceptors (Lipinski definition) is 7. The lowest BCUT2D eigenvalue weighted by molar-refractivity contribution is -0.385. The number of hydrogen-bond donors (Lipinski definition) is 1. The molecule has 2 aromatic rings. The van der Waals surface area contributed by atoms with Gasteiger partial charge in [-0.25, -0.2) is 0 Å². The van der Waals surface area contributed by atoms with Crippen LogP contribution in [0.5, 0.6) is 0 Å². The minimum atomic E-state index is -1.43. The molecule has 1 aliphatic carbocycles. The van der Waals surface area contributed by atoms with Crippen molar-refractivity contribution in [2.75, 3.05) is 5.32 Å². The maximum absolute atomic E-state index is 11.6. The molecule has 3 atom stereocenters. The predicted molar refractivity (Wildman–Crippen MR) is 96.9 cm³/mol. The van der Waals surface area contributed by atoms with Gasteiger partial charge in [0.25, 0.3) is 11.4 Å².